The Kier molecular flexibility index (Phi) is 4.61. The summed E-state index contributed by atoms with van der Waals surface area (Å²) in [5, 5.41) is 0.0254. The first-order valence-electron chi connectivity index (χ1n) is 5.72. The third-order valence-electron chi connectivity index (χ3n) is 2.79. The van der Waals surface area contributed by atoms with Crippen molar-refractivity contribution in [2.75, 3.05) is 6.26 Å². The average Bonchev–Trinajstić information content (AvgIpc) is 2.43. The van der Waals surface area contributed by atoms with E-state index in [9.17, 15) is 9.18 Å². The van der Waals surface area contributed by atoms with Gasteiger partial charge in [-0.25, -0.2) is 4.39 Å². The van der Waals surface area contributed by atoms with E-state index in [0.29, 0.717) is 11.1 Å². The first-order chi connectivity index (χ1) is 9.13. The highest BCUT2D eigenvalue weighted by molar-refractivity contribution is 7.98. The Labute approximate surface area is 120 Å². The Morgan fingerprint density at radius 1 is 1.21 bits per heavy atom. The Morgan fingerprint density at radius 2 is 1.95 bits per heavy atom. The highest BCUT2D eigenvalue weighted by Crippen LogP contribution is 2.24. The minimum absolute atomic E-state index is 0.0254. The van der Waals surface area contributed by atoms with Gasteiger partial charge in [0.1, 0.15) is 5.82 Å². The zero-order chi connectivity index (χ0) is 13.8. The molecule has 0 aliphatic heterocycles. The van der Waals surface area contributed by atoms with Crippen LogP contribution in [0.1, 0.15) is 15.9 Å². The van der Waals surface area contributed by atoms with Crippen LogP contribution in [0, 0.1) is 5.82 Å². The van der Waals surface area contributed by atoms with Crippen molar-refractivity contribution in [2.45, 2.75) is 11.3 Å². The predicted octanol–water partition coefficient (Wildman–Crippen LogP) is 4.63. The molecule has 1 nitrogen and oxygen atoms in total. The molecule has 0 saturated heterocycles. The summed E-state index contributed by atoms with van der Waals surface area (Å²) in [6.45, 7) is 0. The van der Waals surface area contributed by atoms with E-state index in [2.05, 4.69) is 0 Å². The molecule has 0 atom stereocenters. The number of rotatable bonds is 4. The summed E-state index contributed by atoms with van der Waals surface area (Å²) in [5.74, 6) is -0.553. The van der Waals surface area contributed by atoms with Crippen LogP contribution >= 0.6 is 23.4 Å². The molecule has 0 fully saturated rings. The maximum atomic E-state index is 13.3. The molecule has 0 N–H and O–H groups in total. The van der Waals surface area contributed by atoms with E-state index >= 15 is 0 Å². The van der Waals surface area contributed by atoms with E-state index in [1.54, 1.807) is 18.2 Å². The van der Waals surface area contributed by atoms with Crippen LogP contribution in [0.5, 0.6) is 0 Å². The Morgan fingerprint density at radius 3 is 2.68 bits per heavy atom. The zero-order valence-corrected chi connectivity index (χ0v) is 11.9. The van der Waals surface area contributed by atoms with Crippen LogP contribution < -0.4 is 0 Å². The second kappa shape index (κ2) is 6.22. The molecule has 0 heterocycles. The molecular weight excluding hydrogens is 283 g/mol. The lowest BCUT2D eigenvalue weighted by atomic mass is 10.0. The van der Waals surface area contributed by atoms with Crippen LogP contribution in [0.15, 0.2) is 47.4 Å². The first-order valence-corrected chi connectivity index (χ1v) is 7.33. The minimum atomic E-state index is -0.495. The summed E-state index contributed by atoms with van der Waals surface area (Å²) in [4.78, 5) is 13.2. The Hall–Kier alpha value is -1.32. The molecule has 0 radical (unpaired) electrons. The first kappa shape index (κ1) is 14.1. The lowest BCUT2D eigenvalue weighted by molar-refractivity contribution is 0.0990. The number of ketones is 1. The third kappa shape index (κ3) is 3.17. The Bertz CT molecular complexity index is 613. The molecule has 0 unspecified atom stereocenters. The van der Waals surface area contributed by atoms with E-state index < -0.39 is 5.82 Å². The van der Waals surface area contributed by atoms with Crippen molar-refractivity contribution < 1.29 is 9.18 Å². The van der Waals surface area contributed by atoms with Crippen LogP contribution in [0.4, 0.5) is 4.39 Å². The summed E-state index contributed by atoms with van der Waals surface area (Å²) >= 11 is 7.38. The lowest BCUT2D eigenvalue weighted by Crippen LogP contribution is -2.06. The van der Waals surface area contributed by atoms with Crippen LogP contribution in [-0.2, 0) is 6.42 Å². The highest BCUT2D eigenvalue weighted by Gasteiger charge is 2.14. The molecule has 0 amide bonds. The fourth-order valence-corrected chi connectivity index (χ4v) is 2.64. The van der Waals surface area contributed by atoms with Gasteiger partial charge in [-0.3, -0.25) is 4.79 Å². The number of carbonyl (C=O) groups excluding carboxylic acids is 1. The molecular formula is C15H12ClFOS. The van der Waals surface area contributed by atoms with Crippen molar-refractivity contribution >= 4 is 29.1 Å². The van der Waals surface area contributed by atoms with E-state index in [0.717, 1.165) is 4.90 Å². The molecule has 0 aliphatic rings. The topological polar surface area (TPSA) is 17.1 Å². The molecule has 0 bridgehead atoms. The van der Waals surface area contributed by atoms with Crippen LogP contribution in [0.2, 0.25) is 5.02 Å². The molecule has 19 heavy (non-hydrogen) atoms. The highest BCUT2D eigenvalue weighted by atomic mass is 35.5. The van der Waals surface area contributed by atoms with Crippen molar-refractivity contribution in [3.63, 3.8) is 0 Å². The largest absolute Gasteiger partial charge is 0.294 e. The summed E-state index contributed by atoms with van der Waals surface area (Å²) in [5.41, 5.74) is 1.16. The third-order valence-corrected chi connectivity index (χ3v) is 4.01. The van der Waals surface area contributed by atoms with Crippen LogP contribution in [0.25, 0.3) is 0 Å². The lowest BCUT2D eigenvalue weighted by Gasteiger charge is -2.07. The van der Waals surface area contributed by atoms with Crippen molar-refractivity contribution in [2.24, 2.45) is 0 Å². The fraction of sp³-hybridized carbons (Fsp3) is 0.133. The van der Waals surface area contributed by atoms with Gasteiger partial charge in [0, 0.05) is 16.9 Å². The summed E-state index contributed by atoms with van der Waals surface area (Å²) in [6, 6.07) is 11.9. The van der Waals surface area contributed by atoms with Gasteiger partial charge in [0.15, 0.2) is 5.78 Å². The van der Waals surface area contributed by atoms with Gasteiger partial charge in [0.2, 0.25) is 0 Å². The molecule has 2 aromatic carbocycles. The SMILES string of the molecule is CSc1ccccc1C(=O)Cc1cccc(F)c1Cl. The van der Waals surface area contributed by atoms with E-state index in [1.807, 2.05) is 24.5 Å². The van der Waals surface area contributed by atoms with Crippen molar-refractivity contribution in [1.82, 2.24) is 0 Å². The predicted molar refractivity (Wildman–Crippen MR) is 77.7 cm³/mol. The second-order valence-electron chi connectivity index (χ2n) is 4.01. The molecule has 2 aromatic rings. The van der Waals surface area contributed by atoms with Gasteiger partial charge < -0.3 is 0 Å². The van der Waals surface area contributed by atoms with Gasteiger partial charge in [-0.2, -0.15) is 0 Å². The maximum absolute atomic E-state index is 13.3. The molecule has 98 valence electrons. The molecule has 4 heteroatoms. The van der Waals surface area contributed by atoms with Crippen molar-refractivity contribution in [3.05, 3.63) is 64.4 Å². The van der Waals surface area contributed by atoms with Gasteiger partial charge in [-0.1, -0.05) is 41.9 Å². The standard InChI is InChI=1S/C15H12ClFOS/c1-19-14-8-3-2-6-11(14)13(18)9-10-5-4-7-12(17)15(10)16/h2-8H,9H2,1H3. The van der Waals surface area contributed by atoms with Crippen LogP contribution in [-0.4, -0.2) is 12.0 Å². The zero-order valence-electron chi connectivity index (χ0n) is 10.3. The number of thioether (sulfide) groups is 1. The van der Waals surface area contributed by atoms with Crippen molar-refractivity contribution in [3.8, 4) is 0 Å². The summed E-state index contributed by atoms with van der Waals surface area (Å²) in [7, 11) is 0. The Balaban J connectivity index is 2.28. The van der Waals surface area contributed by atoms with Gasteiger partial charge in [0.25, 0.3) is 0 Å². The average molecular weight is 295 g/mol. The van der Waals surface area contributed by atoms with E-state index in [-0.39, 0.29) is 17.2 Å². The number of Topliss-reactive ketones (excluding diaryl/α,β-unsaturated/α-hetero) is 1. The van der Waals surface area contributed by atoms with Crippen LogP contribution in [0.3, 0.4) is 0 Å². The molecule has 2 rings (SSSR count). The molecule has 0 saturated carbocycles. The number of benzene rings is 2. The van der Waals surface area contributed by atoms with Crippen molar-refractivity contribution in [1.29, 1.82) is 0 Å². The number of hydrogen-bond donors (Lipinski definition) is 0. The minimum Gasteiger partial charge on any atom is -0.294 e. The van der Waals surface area contributed by atoms with E-state index in [4.69, 9.17) is 11.6 Å². The van der Waals surface area contributed by atoms with Gasteiger partial charge in [-0.15, -0.1) is 11.8 Å². The monoisotopic (exact) mass is 294 g/mol. The number of hydrogen-bond acceptors (Lipinski definition) is 2. The fourth-order valence-electron chi connectivity index (χ4n) is 1.83. The second-order valence-corrected chi connectivity index (χ2v) is 5.24. The number of carbonyl (C=O) groups is 1. The van der Waals surface area contributed by atoms with Gasteiger partial charge in [0.05, 0.1) is 5.02 Å². The summed E-state index contributed by atoms with van der Waals surface area (Å²) < 4.78 is 13.3. The normalized spacial score (nSPS) is 10.5. The quantitative estimate of drug-likeness (QED) is 0.604. The maximum Gasteiger partial charge on any atom is 0.168 e. The smallest absolute Gasteiger partial charge is 0.168 e. The van der Waals surface area contributed by atoms with Gasteiger partial charge in [-0.05, 0) is 24.0 Å². The molecule has 0 aromatic heterocycles. The molecule has 0 spiro atoms. The number of halogens is 2. The van der Waals surface area contributed by atoms with Gasteiger partial charge >= 0.3 is 0 Å². The molecule has 0 aliphatic carbocycles. The summed E-state index contributed by atoms with van der Waals surface area (Å²) in [6.07, 6.45) is 2.02. The van der Waals surface area contributed by atoms with E-state index in [1.165, 1.54) is 17.8 Å².